The quantitative estimate of drug-likeness (QED) is 0.769. The van der Waals surface area contributed by atoms with Crippen molar-refractivity contribution < 1.29 is 23.4 Å². The molecule has 8 heteroatoms. The number of ether oxygens (including phenoxy) is 2. The van der Waals surface area contributed by atoms with Crippen LogP contribution in [-0.4, -0.2) is 35.2 Å². The Balaban J connectivity index is 2.03. The molecular formula is C16H21F2N3O3. The molecule has 0 aliphatic carbocycles. The van der Waals surface area contributed by atoms with E-state index < -0.39 is 12.2 Å². The second-order valence-electron chi connectivity index (χ2n) is 5.63. The fourth-order valence-corrected chi connectivity index (χ4v) is 2.26. The average Bonchev–Trinajstić information content (AvgIpc) is 2.95. The number of hydrogen-bond acceptors (Lipinski definition) is 5. The Morgan fingerprint density at radius 2 is 2.17 bits per heavy atom. The number of aliphatic hydroxyl groups is 1. The maximum atomic E-state index is 12.5. The first kappa shape index (κ1) is 18.2. The van der Waals surface area contributed by atoms with Gasteiger partial charge in [0, 0.05) is 43.5 Å². The smallest absolute Gasteiger partial charge is 0.387 e. The number of aromatic nitrogens is 2. The van der Waals surface area contributed by atoms with E-state index in [2.05, 4.69) is 15.2 Å². The molecule has 2 aromatic rings. The second-order valence-corrected chi connectivity index (χ2v) is 5.63. The van der Waals surface area contributed by atoms with E-state index in [1.807, 2.05) is 0 Å². The molecule has 0 bridgehead atoms. The van der Waals surface area contributed by atoms with Gasteiger partial charge in [-0.2, -0.15) is 13.9 Å². The minimum Gasteiger partial charge on any atom is -0.497 e. The highest BCUT2D eigenvalue weighted by molar-refractivity contribution is 5.40. The van der Waals surface area contributed by atoms with Crippen LogP contribution in [0.3, 0.4) is 0 Å². The third-order valence-electron chi connectivity index (χ3n) is 3.60. The maximum Gasteiger partial charge on any atom is 0.387 e. The number of hydrogen-bond donors (Lipinski definition) is 2. The fourth-order valence-electron chi connectivity index (χ4n) is 2.26. The van der Waals surface area contributed by atoms with Gasteiger partial charge in [-0.05, 0) is 13.0 Å². The van der Waals surface area contributed by atoms with Crippen LogP contribution in [-0.2, 0) is 19.2 Å². The second kappa shape index (κ2) is 7.59. The maximum absolute atomic E-state index is 12.5. The van der Waals surface area contributed by atoms with Gasteiger partial charge >= 0.3 is 6.61 Å². The summed E-state index contributed by atoms with van der Waals surface area (Å²) in [6, 6.07) is 4.71. The van der Waals surface area contributed by atoms with Gasteiger partial charge in [-0.15, -0.1) is 0 Å². The molecule has 0 aliphatic heterocycles. The summed E-state index contributed by atoms with van der Waals surface area (Å²) in [6.07, 6.45) is 3.31. The molecule has 2 rings (SSSR count). The minimum atomic E-state index is -2.92. The SMILES string of the molecule is COc1ccc(CNCC(C)(O)c2cnn(C)c2)c(OC(F)F)c1. The number of nitrogens with one attached hydrogen (secondary N) is 1. The molecule has 0 fully saturated rings. The van der Waals surface area contributed by atoms with Crippen LogP contribution in [0.5, 0.6) is 11.5 Å². The van der Waals surface area contributed by atoms with E-state index in [4.69, 9.17) is 4.74 Å². The lowest BCUT2D eigenvalue weighted by atomic mass is 9.99. The van der Waals surface area contributed by atoms with Gasteiger partial charge in [0.15, 0.2) is 0 Å². The standard InChI is InChI=1S/C16H21F2N3O3/c1-16(22,12-8-20-21(2)9-12)10-19-7-11-4-5-13(23-3)6-14(11)24-15(17)18/h4-6,8-9,15,19,22H,7,10H2,1-3H3. The number of benzene rings is 1. The number of halogens is 2. The predicted molar refractivity (Wildman–Crippen MR) is 84.1 cm³/mol. The van der Waals surface area contributed by atoms with Gasteiger partial charge in [-0.3, -0.25) is 4.68 Å². The molecular weight excluding hydrogens is 320 g/mol. The highest BCUT2D eigenvalue weighted by Gasteiger charge is 2.24. The molecule has 0 radical (unpaired) electrons. The zero-order valence-corrected chi connectivity index (χ0v) is 13.8. The normalized spacial score (nSPS) is 13.8. The Bertz CT molecular complexity index is 674. The summed E-state index contributed by atoms with van der Waals surface area (Å²) in [4.78, 5) is 0. The topological polar surface area (TPSA) is 68.5 Å². The molecule has 2 N–H and O–H groups in total. The molecule has 1 aromatic heterocycles. The molecule has 0 saturated heterocycles. The third kappa shape index (κ3) is 4.65. The van der Waals surface area contributed by atoms with E-state index in [1.165, 1.54) is 13.2 Å². The number of aryl methyl sites for hydroxylation is 1. The Labute approximate surface area is 139 Å². The third-order valence-corrected chi connectivity index (χ3v) is 3.60. The van der Waals surface area contributed by atoms with Crippen molar-refractivity contribution in [1.29, 1.82) is 0 Å². The molecule has 6 nitrogen and oxygen atoms in total. The van der Waals surface area contributed by atoms with Crippen molar-refractivity contribution >= 4 is 0 Å². The highest BCUT2D eigenvalue weighted by Crippen LogP contribution is 2.27. The monoisotopic (exact) mass is 341 g/mol. The van der Waals surface area contributed by atoms with Gasteiger partial charge in [0.1, 0.15) is 17.1 Å². The molecule has 132 valence electrons. The minimum absolute atomic E-state index is 0.0397. The van der Waals surface area contributed by atoms with Gasteiger partial charge in [0.25, 0.3) is 0 Å². The van der Waals surface area contributed by atoms with Crippen molar-refractivity contribution in [2.75, 3.05) is 13.7 Å². The lowest BCUT2D eigenvalue weighted by Crippen LogP contribution is -2.35. The lowest BCUT2D eigenvalue weighted by Gasteiger charge is -2.23. The summed E-state index contributed by atoms with van der Waals surface area (Å²) < 4.78 is 36.2. The first-order valence-corrected chi connectivity index (χ1v) is 7.36. The first-order valence-electron chi connectivity index (χ1n) is 7.36. The van der Waals surface area contributed by atoms with E-state index in [1.54, 1.807) is 43.2 Å². The average molecular weight is 341 g/mol. The van der Waals surface area contributed by atoms with Gasteiger partial charge in [0.05, 0.1) is 13.3 Å². The molecule has 0 amide bonds. The van der Waals surface area contributed by atoms with Crippen LogP contribution in [0, 0.1) is 0 Å². The number of rotatable bonds is 8. The van der Waals surface area contributed by atoms with Gasteiger partial charge in [-0.1, -0.05) is 6.07 Å². The van der Waals surface area contributed by atoms with Crippen molar-refractivity contribution in [3.63, 3.8) is 0 Å². The van der Waals surface area contributed by atoms with Crippen molar-refractivity contribution in [2.45, 2.75) is 25.7 Å². The van der Waals surface area contributed by atoms with Gasteiger partial charge in [-0.25, -0.2) is 0 Å². The number of alkyl halides is 2. The summed E-state index contributed by atoms with van der Waals surface area (Å²) in [7, 11) is 3.21. The largest absolute Gasteiger partial charge is 0.497 e. The van der Waals surface area contributed by atoms with E-state index in [0.717, 1.165) is 0 Å². The van der Waals surface area contributed by atoms with E-state index >= 15 is 0 Å². The molecule has 0 spiro atoms. The van der Waals surface area contributed by atoms with E-state index in [-0.39, 0.29) is 18.8 Å². The fraction of sp³-hybridized carbons (Fsp3) is 0.438. The van der Waals surface area contributed by atoms with Crippen LogP contribution >= 0.6 is 0 Å². The van der Waals surface area contributed by atoms with Crippen LogP contribution in [0.2, 0.25) is 0 Å². The summed E-state index contributed by atoms with van der Waals surface area (Å²) in [5.74, 6) is 0.467. The van der Waals surface area contributed by atoms with Gasteiger partial charge in [0.2, 0.25) is 0 Å². The summed E-state index contributed by atoms with van der Waals surface area (Å²) in [5.41, 5.74) is 0.0687. The van der Waals surface area contributed by atoms with E-state index in [0.29, 0.717) is 16.9 Å². The summed E-state index contributed by atoms with van der Waals surface area (Å²) in [6.45, 7) is -0.794. The van der Waals surface area contributed by atoms with Crippen LogP contribution in [0.25, 0.3) is 0 Å². The number of nitrogens with zero attached hydrogens (tertiary/aromatic N) is 2. The van der Waals surface area contributed by atoms with Crippen molar-refractivity contribution in [1.82, 2.24) is 15.1 Å². The first-order chi connectivity index (χ1) is 11.3. The molecule has 1 aromatic carbocycles. The van der Waals surface area contributed by atoms with Crippen molar-refractivity contribution in [3.8, 4) is 11.5 Å². The van der Waals surface area contributed by atoms with Crippen molar-refractivity contribution in [2.24, 2.45) is 7.05 Å². The van der Waals surface area contributed by atoms with Crippen molar-refractivity contribution in [3.05, 3.63) is 41.7 Å². The molecule has 1 heterocycles. The molecule has 0 saturated carbocycles. The van der Waals surface area contributed by atoms with Gasteiger partial charge < -0.3 is 19.9 Å². The van der Waals surface area contributed by atoms with Crippen LogP contribution in [0.1, 0.15) is 18.1 Å². The molecule has 1 atom stereocenters. The Hall–Kier alpha value is -2.19. The van der Waals surface area contributed by atoms with E-state index in [9.17, 15) is 13.9 Å². The number of methoxy groups -OCH3 is 1. The molecule has 0 aliphatic rings. The predicted octanol–water partition coefficient (Wildman–Crippen LogP) is 2.03. The molecule has 1 unspecified atom stereocenters. The highest BCUT2D eigenvalue weighted by atomic mass is 19.3. The summed E-state index contributed by atoms with van der Waals surface area (Å²) in [5, 5.41) is 17.6. The van der Waals surface area contributed by atoms with Crippen LogP contribution in [0.15, 0.2) is 30.6 Å². The zero-order chi connectivity index (χ0) is 17.7. The summed E-state index contributed by atoms with van der Waals surface area (Å²) >= 11 is 0. The van der Waals surface area contributed by atoms with Crippen LogP contribution < -0.4 is 14.8 Å². The Kier molecular flexibility index (Phi) is 5.74. The Morgan fingerprint density at radius 3 is 2.75 bits per heavy atom. The zero-order valence-electron chi connectivity index (χ0n) is 13.8. The molecule has 24 heavy (non-hydrogen) atoms. The Morgan fingerprint density at radius 1 is 1.42 bits per heavy atom. The van der Waals surface area contributed by atoms with Crippen LogP contribution in [0.4, 0.5) is 8.78 Å². The lowest BCUT2D eigenvalue weighted by molar-refractivity contribution is -0.0506.